The monoisotopic (exact) mass is 355 g/mol. The molecule has 0 aliphatic carbocycles. The maximum Gasteiger partial charge on any atom is 0.269 e. The van der Waals surface area contributed by atoms with Crippen LogP contribution in [0.2, 0.25) is 0 Å². The minimum atomic E-state index is -0.627. The minimum absolute atomic E-state index is 0.0650. The van der Waals surface area contributed by atoms with E-state index in [0.717, 1.165) is 17.3 Å². The summed E-state index contributed by atoms with van der Waals surface area (Å²) in [4.78, 5) is 37.9. The molecule has 0 aromatic heterocycles. The maximum absolute atomic E-state index is 13.1. The first-order chi connectivity index (χ1) is 12.4. The van der Waals surface area contributed by atoms with Crippen molar-refractivity contribution in [2.45, 2.75) is 13.3 Å². The fourth-order valence-corrected chi connectivity index (χ4v) is 2.78. The fraction of sp³-hybridized carbons (Fsp3) is 0.211. The highest BCUT2D eigenvalue weighted by Gasteiger charge is 2.35. The molecule has 3 rings (SSSR count). The predicted octanol–water partition coefficient (Wildman–Crippen LogP) is 1.95. The van der Waals surface area contributed by atoms with Gasteiger partial charge >= 0.3 is 0 Å². The van der Waals surface area contributed by atoms with E-state index in [1.807, 2.05) is 31.2 Å². The molecule has 7 heteroatoms. The summed E-state index contributed by atoms with van der Waals surface area (Å²) in [6, 6.07) is 12.6. The SMILES string of the molecule is Cc1ccc(N2C[C@H](C(=O)NNC(=O)c3cccc(F)c3)CC2=O)cc1. The summed E-state index contributed by atoms with van der Waals surface area (Å²) < 4.78 is 13.1. The normalized spacial score (nSPS) is 16.5. The maximum atomic E-state index is 13.1. The molecular formula is C19H18FN3O3. The molecule has 26 heavy (non-hydrogen) atoms. The Balaban J connectivity index is 1.58. The molecule has 2 N–H and O–H groups in total. The van der Waals surface area contributed by atoms with Crippen LogP contribution in [-0.2, 0) is 9.59 Å². The summed E-state index contributed by atoms with van der Waals surface area (Å²) in [5.74, 6) is -2.35. The molecule has 0 unspecified atom stereocenters. The van der Waals surface area contributed by atoms with Crippen LogP contribution in [0.5, 0.6) is 0 Å². The summed E-state index contributed by atoms with van der Waals surface area (Å²) >= 11 is 0. The molecule has 0 saturated carbocycles. The molecule has 1 fully saturated rings. The summed E-state index contributed by atoms with van der Waals surface area (Å²) in [5.41, 5.74) is 6.46. The van der Waals surface area contributed by atoms with Gasteiger partial charge in [0.25, 0.3) is 5.91 Å². The molecule has 6 nitrogen and oxygen atoms in total. The highest BCUT2D eigenvalue weighted by Crippen LogP contribution is 2.25. The number of halogens is 1. The Morgan fingerprint density at radius 3 is 2.54 bits per heavy atom. The Hall–Kier alpha value is -3.22. The second kappa shape index (κ2) is 7.35. The Morgan fingerprint density at radius 2 is 1.85 bits per heavy atom. The number of rotatable bonds is 3. The molecule has 1 aliphatic heterocycles. The molecule has 2 aromatic carbocycles. The Kier molecular flexibility index (Phi) is 4.97. The van der Waals surface area contributed by atoms with Crippen molar-refractivity contribution in [1.29, 1.82) is 0 Å². The average Bonchev–Trinajstić information content (AvgIpc) is 3.02. The second-order valence-electron chi connectivity index (χ2n) is 6.19. The Bertz CT molecular complexity index is 851. The van der Waals surface area contributed by atoms with Gasteiger partial charge in [0, 0.05) is 24.2 Å². The van der Waals surface area contributed by atoms with E-state index in [1.165, 1.54) is 18.2 Å². The van der Waals surface area contributed by atoms with E-state index < -0.39 is 23.5 Å². The third-order valence-electron chi connectivity index (χ3n) is 4.23. The number of anilines is 1. The van der Waals surface area contributed by atoms with Gasteiger partial charge in [0.15, 0.2) is 0 Å². The lowest BCUT2D eigenvalue weighted by atomic mass is 10.1. The summed E-state index contributed by atoms with van der Waals surface area (Å²) in [6.07, 6.45) is 0.0650. The van der Waals surface area contributed by atoms with Crippen molar-refractivity contribution >= 4 is 23.4 Å². The largest absolute Gasteiger partial charge is 0.312 e. The number of nitrogens with zero attached hydrogens (tertiary/aromatic N) is 1. The molecule has 1 atom stereocenters. The summed E-state index contributed by atoms with van der Waals surface area (Å²) in [6.45, 7) is 2.19. The van der Waals surface area contributed by atoms with Crippen LogP contribution in [0, 0.1) is 18.7 Å². The fourth-order valence-electron chi connectivity index (χ4n) is 2.78. The van der Waals surface area contributed by atoms with Crippen molar-refractivity contribution in [2.75, 3.05) is 11.4 Å². The molecule has 0 spiro atoms. The van der Waals surface area contributed by atoms with Gasteiger partial charge in [-0.1, -0.05) is 23.8 Å². The van der Waals surface area contributed by atoms with E-state index in [-0.39, 0.29) is 24.4 Å². The number of benzene rings is 2. The van der Waals surface area contributed by atoms with Gasteiger partial charge in [0.2, 0.25) is 11.8 Å². The Morgan fingerprint density at radius 1 is 1.12 bits per heavy atom. The average molecular weight is 355 g/mol. The van der Waals surface area contributed by atoms with E-state index in [1.54, 1.807) is 4.90 Å². The first-order valence-electron chi connectivity index (χ1n) is 8.17. The zero-order chi connectivity index (χ0) is 18.7. The van der Waals surface area contributed by atoms with Crippen LogP contribution in [-0.4, -0.2) is 24.3 Å². The van der Waals surface area contributed by atoms with Crippen LogP contribution in [0.4, 0.5) is 10.1 Å². The van der Waals surface area contributed by atoms with E-state index in [2.05, 4.69) is 10.9 Å². The molecule has 0 radical (unpaired) electrons. The van der Waals surface area contributed by atoms with Crippen molar-refractivity contribution in [3.05, 3.63) is 65.5 Å². The number of amides is 3. The molecule has 1 aliphatic rings. The number of carbonyl (C=O) groups excluding carboxylic acids is 3. The number of aryl methyl sites for hydroxylation is 1. The van der Waals surface area contributed by atoms with E-state index in [9.17, 15) is 18.8 Å². The van der Waals surface area contributed by atoms with Crippen LogP contribution in [0.3, 0.4) is 0 Å². The van der Waals surface area contributed by atoms with E-state index in [4.69, 9.17) is 0 Å². The van der Waals surface area contributed by atoms with Gasteiger partial charge < -0.3 is 4.90 Å². The van der Waals surface area contributed by atoms with Crippen LogP contribution >= 0.6 is 0 Å². The second-order valence-corrected chi connectivity index (χ2v) is 6.19. The van der Waals surface area contributed by atoms with Gasteiger partial charge in [-0.05, 0) is 37.3 Å². The van der Waals surface area contributed by atoms with Crippen molar-refractivity contribution in [3.63, 3.8) is 0 Å². The van der Waals surface area contributed by atoms with Crippen molar-refractivity contribution < 1.29 is 18.8 Å². The standard InChI is InChI=1S/C19H18FN3O3/c1-12-5-7-16(8-6-12)23-11-14(10-17(23)24)19(26)22-21-18(25)13-3-2-4-15(20)9-13/h2-9,14H,10-11H2,1H3,(H,21,25)(H,22,26)/t14-/m1/s1. The van der Waals surface area contributed by atoms with Gasteiger partial charge in [0.05, 0.1) is 5.92 Å². The van der Waals surface area contributed by atoms with Gasteiger partial charge in [-0.3, -0.25) is 25.2 Å². The van der Waals surface area contributed by atoms with Crippen molar-refractivity contribution in [1.82, 2.24) is 10.9 Å². The van der Waals surface area contributed by atoms with Gasteiger partial charge in [-0.25, -0.2) is 4.39 Å². The van der Waals surface area contributed by atoms with Gasteiger partial charge in [0.1, 0.15) is 5.82 Å². The third-order valence-corrected chi connectivity index (χ3v) is 4.23. The highest BCUT2D eigenvalue weighted by atomic mass is 19.1. The van der Waals surface area contributed by atoms with E-state index >= 15 is 0 Å². The summed E-state index contributed by atoms with van der Waals surface area (Å²) in [7, 11) is 0. The quantitative estimate of drug-likeness (QED) is 0.826. The van der Waals surface area contributed by atoms with Crippen molar-refractivity contribution in [2.24, 2.45) is 5.92 Å². The lowest BCUT2D eigenvalue weighted by molar-refractivity contribution is -0.126. The zero-order valence-electron chi connectivity index (χ0n) is 14.2. The van der Waals surface area contributed by atoms with Gasteiger partial charge in [-0.2, -0.15) is 0 Å². The van der Waals surface area contributed by atoms with Gasteiger partial charge in [-0.15, -0.1) is 0 Å². The smallest absolute Gasteiger partial charge is 0.269 e. The molecule has 0 bridgehead atoms. The molecule has 1 heterocycles. The number of hydrazine groups is 1. The predicted molar refractivity (Wildman–Crippen MR) is 93.6 cm³/mol. The van der Waals surface area contributed by atoms with Crippen LogP contribution in [0.15, 0.2) is 48.5 Å². The lowest BCUT2D eigenvalue weighted by Crippen LogP contribution is -2.45. The lowest BCUT2D eigenvalue weighted by Gasteiger charge is -2.17. The third kappa shape index (κ3) is 3.88. The van der Waals surface area contributed by atoms with E-state index in [0.29, 0.717) is 0 Å². The molecule has 2 aromatic rings. The highest BCUT2D eigenvalue weighted by molar-refractivity contribution is 6.01. The molecule has 1 saturated heterocycles. The molecule has 3 amide bonds. The molecular weight excluding hydrogens is 337 g/mol. The first-order valence-corrected chi connectivity index (χ1v) is 8.17. The van der Waals surface area contributed by atoms with Crippen LogP contribution < -0.4 is 15.8 Å². The Labute approximate surface area is 150 Å². The van der Waals surface area contributed by atoms with Crippen molar-refractivity contribution in [3.8, 4) is 0 Å². The topological polar surface area (TPSA) is 78.5 Å². The zero-order valence-corrected chi connectivity index (χ0v) is 14.2. The molecule has 134 valence electrons. The number of hydrogen-bond acceptors (Lipinski definition) is 3. The number of hydrogen-bond donors (Lipinski definition) is 2. The number of carbonyl (C=O) groups is 3. The van der Waals surface area contributed by atoms with Crippen LogP contribution in [0.1, 0.15) is 22.3 Å². The number of nitrogens with one attached hydrogen (secondary N) is 2. The summed E-state index contributed by atoms with van der Waals surface area (Å²) in [5, 5.41) is 0. The van der Waals surface area contributed by atoms with Crippen LogP contribution in [0.25, 0.3) is 0 Å². The first kappa shape index (κ1) is 17.6. The minimum Gasteiger partial charge on any atom is -0.312 e.